The fourth-order valence-corrected chi connectivity index (χ4v) is 2.45. The van der Waals surface area contributed by atoms with Crippen molar-refractivity contribution in [3.63, 3.8) is 0 Å². The molecule has 0 heterocycles. The molecule has 0 fully saturated rings. The maximum absolute atomic E-state index is 12.2. The Morgan fingerprint density at radius 3 is 2.33 bits per heavy atom. The molecule has 0 aliphatic rings. The number of benzene rings is 2. The summed E-state index contributed by atoms with van der Waals surface area (Å²) in [5, 5.41) is 2.75. The molecule has 27 heavy (non-hydrogen) atoms. The first-order valence-corrected chi connectivity index (χ1v) is 8.88. The van der Waals surface area contributed by atoms with E-state index in [2.05, 4.69) is 5.32 Å². The number of rotatable bonds is 8. The summed E-state index contributed by atoms with van der Waals surface area (Å²) >= 11 is 0. The van der Waals surface area contributed by atoms with Crippen LogP contribution in [-0.4, -0.2) is 31.7 Å². The molecule has 1 amide bonds. The highest BCUT2D eigenvalue weighted by Crippen LogP contribution is 2.28. The lowest BCUT2D eigenvalue weighted by Gasteiger charge is -2.12. The van der Waals surface area contributed by atoms with Gasteiger partial charge in [0.05, 0.1) is 18.8 Å². The van der Waals surface area contributed by atoms with Crippen molar-refractivity contribution < 1.29 is 23.8 Å². The van der Waals surface area contributed by atoms with Gasteiger partial charge in [-0.05, 0) is 63.1 Å². The number of hydrogen-bond donors (Lipinski definition) is 1. The lowest BCUT2D eigenvalue weighted by molar-refractivity contribution is -0.119. The van der Waals surface area contributed by atoms with Gasteiger partial charge in [0.2, 0.25) is 0 Å². The summed E-state index contributed by atoms with van der Waals surface area (Å²) in [5.74, 6) is 0.0281. The molecule has 0 bridgehead atoms. The van der Waals surface area contributed by atoms with Crippen LogP contribution in [0.3, 0.4) is 0 Å². The summed E-state index contributed by atoms with van der Waals surface area (Å²) in [5.41, 5.74) is 2.97. The predicted octanol–water partition coefficient (Wildman–Crippen LogP) is 3.90. The van der Waals surface area contributed by atoms with E-state index in [-0.39, 0.29) is 6.61 Å². The van der Waals surface area contributed by atoms with Crippen LogP contribution in [0.25, 0.3) is 0 Å². The molecule has 0 unspecified atom stereocenters. The topological polar surface area (TPSA) is 73.9 Å². The van der Waals surface area contributed by atoms with Crippen molar-refractivity contribution in [2.24, 2.45) is 0 Å². The van der Waals surface area contributed by atoms with Gasteiger partial charge in [0.25, 0.3) is 5.91 Å². The molecule has 6 nitrogen and oxygen atoms in total. The molecule has 2 aromatic carbocycles. The molecule has 0 radical (unpaired) electrons. The Hall–Kier alpha value is -3.02. The first-order chi connectivity index (χ1) is 12.9. The monoisotopic (exact) mass is 371 g/mol. The lowest BCUT2D eigenvalue weighted by Crippen LogP contribution is -2.21. The van der Waals surface area contributed by atoms with Crippen LogP contribution in [0.15, 0.2) is 36.4 Å². The normalized spacial score (nSPS) is 10.2. The molecule has 6 heteroatoms. The van der Waals surface area contributed by atoms with E-state index in [1.54, 1.807) is 18.2 Å². The summed E-state index contributed by atoms with van der Waals surface area (Å²) in [6, 6.07) is 10.5. The minimum atomic E-state index is -0.602. The molecule has 0 spiro atoms. The van der Waals surface area contributed by atoms with Crippen LogP contribution in [-0.2, 0) is 9.53 Å². The van der Waals surface area contributed by atoms with Gasteiger partial charge < -0.3 is 19.5 Å². The van der Waals surface area contributed by atoms with Gasteiger partial charge in [-0.15, -0.1) is 0 Å². The third kappa shape index (κ3) is 5.74. The van der Waals surface area contributed by atoms with Crippen molar-refractivity contribution in [2.45, 2.75) is 27.7 Å². The molecule has 0 aliphatic carbocycles. The van der Waals surface area contributed by atoms with Crippen LogP contribution < -0.4 is 14.8 Å². The molecule has 2 rings (SSSR count). The number of aryl methyl sites for hydroxylation is 2. The van der Waals surface area contributed by atoms with Gasteiger partial charge in [-0.2, -0.15) is 0 Å². The number of esters is 1. The SMILES string of the molecule is CCOc1ccc(C(=O)OCC(=O)Nc2cc(C)ccc2C)cc1OCC. The van der Waals surface area contributed by atoms with Crippen molar-refractivity contribution in [2.75, 3.05) is 25.1 Å². The van der Waals surface area contributed by atoms with E-state index < -0.39 is 11.9 Å². The van der Waals surface area contributed by atoms with E-state index in [1.807, 2.05) is 45.9 Å². The average molecular weight is 371 g/mol. The second-order valence-electron chi connectivity index (χ2n) is 5.97. The van der Waals surface area contributed by atoms with Gasteiger partial charge in [-0.3, -0.25) is 4.79 Å². The van der Waals surface area contributed by atoms with Gasteiger partial charge >= 0.3 is 5.97 Å². The lowest BCUT2D eigenvalue weighted by atomic mass is 10.1. The predicted molar refractivity (Wildman–Crippen MR) is 104 cm³/mol. The largest absolute Gasteiger partial charge is 0.490 e. The third-order valence-electron chi connectivity index (χ3n) is 3.78. The zero-order valence-corrected chi connectivity index (χ0v) is 16.1. The number of amides is 1. The molecular formula is C21H25NO5. The maximum Gasteiger partial charge on any atom is 0.338 e. The number of hydrogen-bond acceptors (Lipinski definition) is 5. The number of nitrogens with one attached hydrogen (secondary N) is 1. The minimum Gasteiger partial charge on any atom is -0.490 e. The van der Waals surface area contributed by atoms with E-state index in [0.29, 0.717) is 36.0 Å². The van der Waals surface area contributed by atoms with Crippen molar-refractivity contribution in [1.29, 1.82) is 0 Å². The first-order valence-electron chi connectivity index (χ1n) is 8.88. The van der Waals surface area contributed by atoms with E-state index in [9.17, 15) is 9.59 Å². The summed E-state index contributed by atoms with van der Waals surface area (Å²) in [6.07, 6.45) is 0. The number of carbonyl (C=O) groups is 2. The Morgan fingerprint density at radius 1 is 0.926 bits per heavy atom. The van der Waals surface area contributed by atoms with Gasteiger partial charge in [0.15, 0.2) is 18.1 Å². The van der Waals surface area contributed by atoms with Crippen LogP contribution in [0.2, 0.25) is 0 Å². The summed E-state index contributed by atoms with van der Waals surface area (Å²) in [6.45, 7) is 8.11. The van der Waals surface area contributed by atoms with Crippen LogP contribution in [0.4, 0.5) is 5.69 Å². The third-order valence-corrected chi connectivity index (χ3v) is 3.78. The van der Waals surface area contributed by atoms with Crippen molar-refractivity contribution in [3.05, 3.63) is 53.1 Å². The standard InChI is InChI=1S/C21H25NO5/c1-5-25-18-10-9-16(12-19(18)26-6-2)21(24)27-13-20(23)22-17-11-14(3)7-8-15(17)4/h7-12H,5-6,13H2,1-4H3,(H,22,23). The summed E-state index contributed by atoms with van der Waals surface area (Å²) in [7, 11) is 0. The fraction of sp³-hybridized carbons (Fsp3) is 0.333. The average Bonchev–Trinajstić information content (AvgIpc) is 2.64. The molecule has 0 atom stereocenters. The molecule has 0 aromatic heterocycles. The minimum absolute atomic E-state index is 0.293. The first kappa shape index (κ1) is 20.3. The van der Waals surface area contributed by atoms with Crippen molar-refractivity contribution in [3.8, 4) is 11.5 Å². The number of ether oxygens (including phenoxy) is 3. The summed E-state index contributed by atoms with van der Waals surface area (Å²) < 4.78 is 16.1. The Morgan fingerprint density at radius 2 is 1.63 bits per heavy atom. The molecular weight excluding hydrogens is 346 g/mol. The number of anilines is 1. The quantitative estimate of drug-likeness (QED) is 0.713. The van der Waals surface area contributed by atoms with Gasteiger partial charge in [-0.25, -0.2) is 4.79 Å². The van der Waals surface area contributed by atoms with Crippen molar-refractivity contribution >= 4 is 17.6 Å². The van der Waals surface area contributed by atoms with Crippen LogP contribution in [0, 0.1) is 13.8 Å². The molecule has 0 saturated heterocycles. The van der Waals surface area contributed by atoms with Crippen LogP contribution in [0.1, 0.15) is 35.3 Å². The van der Waals surface area contributed by atoms with Crippen LogP contribution in [0.5, 0.6) is 11.5 Å². The number of carbonyl (C=O) groups excluding carboxylic acids is 2. The Labute approximate surface area is 159 Å². The smallest absolute Gasteiger partial charge is 0.338 e. The molecule has 0 saturated carbocycles. The molecule has 144 valence electrons. The van der Waals surface area contributed by atoms with Gasteiger partial charge in [-0.1, -0.05) is 12.1 Å². The van der Waals surface area contributed by atoms with Crippen molar-refractivity contribution in [1.82, 2.24) is 0 Å². The van der Waals surface area contributed by atoms with E-state index in [1.165, 1.54) is 0 Å². The molecule has 1 N–H and O–H groups in total. The zero-order valence-electron chi connectivity index (χ0n) is 16.1. The second-order valence-corrected chi connectivity index (χ2v) is 5.97. The van der Waals surface area contributed by atoms with Crippen LogP contribution >= 0.6 is 0 Å². The summed E-state index contributed by atoms with van der Waals surface area (Å²) in [4.78, 5) is 24.3. The second kappa shape index (κ2) is 9.62. The molecule has 2 aromatic rings. The maximum atomic E-state index is 12.2. The highest BCUT2D eigenvalue weighted by atomic mass is 16.5. The molecule has 0 aliphatic heterocycles. The van der Waals surface area contributed by atoms with E-state index in [4.69, 9.17) is 14.2 Å². The Kier molecular flexibility index (Phi) is 7.23. The highest BCUT2D eigenvalue weighted by molar-refractivity contribution is 5.96. The highest BCUT2D eigenvalue weighted by Gasteiger charge is 2.14. The van der Waals surface area contributed by atoms with E-state index in [0.717, 1.165) is 11.1 Å². The Bertz CT molecular complexity index is 816. The van der Waals surface area contributed by atoms with E-state index >= 15 is 0 Å². The van der Waals surface area contributed by atoms with Gasteiger partial charge in [0, 0.05) is 5.69 Å². The van der Waals surface area contributed by atoms with Gasteiger partial charge in [0.1, 0.15) is 0 Å². The zero-order chi connectivity index (χ0) is 19.8. The fourth-order valence-electron chi connectivity index (χ4n) is 2.45. The Balaban J connectivity index is 1.99.